The van der Waals surface area contributed by atoms with Crippen LogP contribution in [0, 0.1) is 5.92 Å². The summed E-state index contributed by atoms with van der Waals surface area (Å²) < 4.78 is 5.45. The molecule has 3 rings (SSSR count). The molecule has 0 aromatic heterocycles. The van der Waals surface area contributed by atoms with Crippen molar-refractivity contribution in [1.82, 2.24) is 10.2 Å². The van der Waals surface area contributed by atoms with E-state index in [1.54, 1.807) is 0 Å². The lowest BCUT2D eigenvalue weighted by Crippen LogP contribution is -2.45. The molecule has 5 heteroatoms. The van der Waals surface area contributed by atoms with Crippen LogP contribution < -0.4 is 10.1 Å². The van der Waals surface area contributed by atoms with Crippen molar-refractivity contribution >= 4 is 18.3 Å². The fourth-order valence-electron chi connectivity index (χ4n) is 3.32. The number of ether oxygens (including phenoxy) is 1. The molecule has 0 unspecified atom stereocenters. The predicted octanol–water partition coefficient (Wildman–Crippen LogP) is 3.43. The molecule has 1 amide bonds. The summed E-state index contributed by atoms with van der Waals surface area (Å²) in [4.78, 5) is 14.4. The molecule has 140 valence electrons. The van der Waals surface area contributed by atoms with Gasteiger partial charge in [-0.3, -0.25) is 4.79 Å². The largest absolute Gasteiger partial charge is 0.494 e. The minimum Gasteiger partial charge on any atom is -0.494 e. The van der Waals surface area contributed by atoms with Gasteiger partial charge in [-0.1, -0.05) is 12.1 Å². The molecule has 4 nitrogen and oxygen atoms in total. The second-order valence-electron chi connectivity index (χ2n) is 7.08. The quantitative estimate of drug-likeness (QED) is 0.766. The van der Waals surface area contributed by atoms with Crippen LogP contribution in [0.15, 0.2) is 24.3 Å². The highest BCUT2D eigenvalue weighted by atomic mass is 35.5. The minimum atomic E-state index is 0. The van der Waals surface area contributed by atoms with Crippen LogP contribution in [0.4, 0.5) is 0 Å². The average molecular weight is 367 g/mol. The number of benzene rings is 1. The zero-order valence-corrected chi connectivity index (χ0v) is 16.0. The van der Waals surface area contributed by atoms with E-state index in [1.807, 2.05) is 24.0 Å². The zero-order valence-electron chi connectivity index (χ0n) is 15.2. The highest BCUT2D eigenvalue weighted by Crippen LogP contribution is 2.28. The van der Waals surface area contributed by atoms with Crippen molar-refractivity contribution in [3.05, 3.63) is 29.8 Å². The number of hydrogen-bond donors (Lipinski definition) is 1. The van der Waals surface area contributed by atoms with Gasteiger partial charge in [-0.25, -0.2) is 0 Å². The van der Waals surface area contributed by atoms with Crippen LogP contribution >= 0.6 is 12.4 Å². The molecule has 1 aliphatic heterocycles. The van der Waals surface area contributed by atoms with Crippen molar-refractivity contribution in [3.8, 4) is 5.75 Å². The number of halogens is 1. The zero-order chi connectivity index (χ0) is 16.8. The Morgan fingerprint density at radius 2 is 1.84 bits per heavy atom. The number of rotatable bonds is 8. The summed E-state index contributed by atoms with van der Waals surface area (Å²) in [5.41, 5.74) is 1.20. The summed E-state index contributed by atoms with van der Waals surface area (Å²) in [5, 5.41) is 3.67. The van der Waals surface area contributed by atoms with Crippen LogP contribution in [0.2, 0.25) is 0 Å². The molecule has 0 radical (unpaired) electrons. The smallest absolute Gasteiger partial charge is 0.222 e. The Morgan fingerprint density at radius 3 is 2.44 bits per heavy atom. The third-order valence-corrected chi connectivity index (χ3v) is 5.10. The Labute approximate surface area is 157 Å². The second-order valence-corrected chi connectivity index (χ2v) is 7.08. The van der Waals surface area contributed by atoms with Gasteiger partial charge in [0.2, 0.25) is 5.91 Å². The Balaban J connectivity index is 0.00000225. The van der Waals surface area contributed by atoms with E-state index in [-0.39, 0.29) is 12.4 Å². The minimum absolute atomic E-state index is 0. The Hall–Kier alpha value is -1.26. The van der Waals surface area contributed by atoms with Gasteiger partial charge in [0.05, 0.1) is 6.61 Å². The standard InChI is InChI=1S/C20H30N2O2.ClH/c1-2-24-19-8-5-16(6-9-19)7-10-20(23)22-13-11-18(12-14-22)21-15-17-3-4-17;/h5-6,8-9,17-18,21H,2-4,7,10-15H2,1H3;1H. The molecular formula is C20H31ClN2O2. The van der Waals surface area contributed by atoms with Crippen molar-refractivity contribution in [2.75, 3.05) is 26.2 Å². The van der Waals surface area contributed by atoms with Crippen LogP contribution in [0.25, 0.3) is 0 Å². The molecule has 0 spiro atoms. The summed E-state index contributed by atoms with van der Waals surface area (Å²) in [7, 11) is 0. The summed E-state index contributed by atoms with van der Waals surface area (Å²) in [6, 6.07) is 8.71. The number of aryl methyl sites for hydroxylation is 1. The van der Waals surface area contributed by atoms with E-state index < -0.39 is 0 Å². The van der Waals surface area contributed by atoms with Crippen LogP contribution in [0.3, 0.4) is 0 Å². The van der Waals surface area contributed by atoms with Crippen LogP contribution in [-0.2, 0) is 11.2 Å². The first-order valence-corrected chi connectivity index (χ1v) is 9.47. The van der Waals surface area contributed by atoms with Gasteiger partial charge in [0.25, 0.3) is 0 Å². The van der Waals surface area contributed by atoms with Crippen molar-refractivity contribution in [1.29, 1.82) is 0 Å². The number of amides is 1. The van der Waals surface area contributed by atoms with Gasteiger partial charge in [0.15, 0.2) is 0 Å². The van der Waals surface area contributed by atoms with Crippen molar-refractivity contribution in [2.45, 2.75) is 51.5 Å². The molecule has 1 aromatic carbocycles. The summed E-state index contributed by atoms with van der Waals surface area (Å²) in [5.74, 6) is 2.12. The molecule has 0 atom stereocenters. The number of piperidine rings is 1. The summed E-state index contributed by atoms with van der Waals surface area (Å²) in [6.07, 6.45) is 6.41. The molecule has 2 aliphatic rings. The predicted molar refractivity (Wildman–Crippen MR) is 104 cm³/mol. The first kappa shape index (κ1) is 20.1. The van der Waals surface area contributed by atoms with Gasteiger partial charge < -0.3 is 15.0 Å². The number of carbonyl (C=O) groups is 1. The lowest BCUT2D eigenvalue weighted by atomic mass is 10.0. The molecule has 2 fully saturated rings. The van der Waals surface area contributed by atoms with E-state index in [1.165, 1.54) is 24.9 Å². The number of nitrogens with one attached hydrogen (secondary N) is 1. The van der Waals surface area contributed by atoms with Gasteiger partial charge in [-0.15, -0.1) is 12.4 Å². The first-order chi connectivity index (χ1) is 11.7. The van der Waals surface area contributed by atoms with E-state index in [9.17, 15) is 4.79 Å². The highest BCUT2D eigenvalue weighted by molar-refractivity contribution is 5.85. The average Bonchev–Trinajstić information content (AvgIpc) is 3.44. The van der Waals surface area contributed by atoms with Crippen molar-refractivity contribution in [3.63, 3.8) is 0 Å². The molecule has 1 saturated carbocycles. The molecule has 1 N–H and O–H groups in total. The van der Waals surface area contributed by atoms with Crippen LogP contribution in [-0.4, -0.2) is 43.1 Å². The van der Waals surface area contributed by atoms with Crippen molar-refractivity contribution < 1.29 is 9.53 Å². The second kappa shape index (κ2) is 10.0. The number of carbonyl (C=O) groups excluding carboxylic acids is 1. The van der Waals surface area contributed by atoms with E-state index in [4.69, 9.17) is 4.74 Å². The molecule has 1 saturated heterocycles. The van der Waals surface area contributed by atoms with Gasteiger partial charge in [0, 0.05) is 25.6 Å². The lowest BCUT2D eigenvalue weighted by Gasteiger charge is -2.32. The summed E-state index contributed by atoms with van der Waals surface area (Å²) in [6.45, 7) is 5.66. The third kappa shape index (κ3) is 6.52. The van der Waals surface area contributed by atoms with E-state index in [2.05, 4.69) is 17.4 Å². The third-order valence-electron chi connectivity index (χ3n) is 5.10. The maximum atomic E-state index is 12.4. The van der Waals surface area contributed by atoms with Gasteiger partial charge in [-0.2, -0.15) is 0 Å². The maximum Gasteiger partial charge on any atom is 0.222 e. The monoisotopic (exact) mass is 366 g/mol. The Morgan fingerprint density at radius 1 is 1.16 bits per heavy atom. The SMILES string of the molecule is CCOc1ccc(CCC(=O)N2CCC(NCC3CC3)CC2)cc1.Cl. The Kier molecular flexibility index (Phi) is 8.04. The molecule has 25 heavy (non-hydrogen) atoms. The number of hydrogen-bond acceptors (Lipinski definition) is 3. The molecule has 1 aliphatic carbocycles. The molecule has 1 heterocycles. The highest BCUT2D eigenvalue weighted by Gasteiger charge is 2.25. The Bertz CT molecular complexity index is 523. The normalized spacial score (nSPS) is 17.9. The van der Waals surface area contributed by atoms with Crippen LogP contribution in [0.5, 0.6) is 5.75 Å². The fraction of sp³-hybridized carbons (Fsp3) is 0.650. The van der Waals surface area contributed by atoms with Gasteiger partial charge >= 0.3 is 0 Å². The summed E-state index contributed by atoms with van der Waals surface area (Å²) >= 11 is 0. The molecule has 1 aromatic rings. The molecule has 0 bridgehead atoms. The van der Waals surface area contributed by atoms with Gasteiger partial charge in [-0.05, 0) is 69.2 Å². The van der Waals surface area contributed by atoms with Gasteiger partial charge in [0.1, 0.15) is 5.75 Å². The topological polar surface area (TPSA) is 41.6 Å². The number of nitrogens with zero attached hydrogens (tertiary/aromatic N) is 1. The first-order valence-electron chi connectivity index (χ1n) is 9.47. The van der Waals surface area contributed by atoms with Crippen LogP contribution in [0.1, 0.15) is 44.6 Å². The van der Waals surface area contributed by atoms with E-state index in [0.717, 1.165) is 44.0 Å². The fourth-order valence-corrected chi connectivity index (χ4v) is 3.32. The van der Waals surface area contributed by atoms with E-state index >= 15 is 0 Å². The number of likely N-dealkylation sites (tertiary alicyclic amines) is 1. The lowest BCUT2D eigenvalue weighted by molar-refractivity contribution is -0.132. The maximum absolute atomic E-state index is 12.4. The van der Waals surface area contributed by atoms with Crippen molar-refractivity contribution in [2.24, 2.45) is 5.92 Å². The molecular weight excluding hydrogens is 336 g/mol. The van der Waals surface area contributed by atoms with E-state index in [0.29, 0.717) is 25.0 Å².